The van der Waals surface area contributed by atoms with E-state index < -0.39 is 29.8 Å². The number of carboxylic acid groups (broad SMARTS) is 1. The molecule has 3 fully saturated rings. The molecule has 2 aliphatic carbocycles. The number of methoxy groups -OCH3 is 2. The number of nitrogens with zero attached hydrogens (tertiary/aromatic N) is 1. The van der Waals surface area contributed by atoms with Crippen molar-refractivity contribution in [3.8, 4) is 11.5 Å². The van der Waals surface area contributed by atoms with Gasteiger partial charge >= 0.3 is 10.8 Å². The fraction of sp³-hybridized carbons (Fsp3) is 0.538. The number of H-pyrrole nitrogens is 1. The van der Waals surface area contributed by atoms with Crippen LogP contribution in [0.3, 0.4) is 0 Å². The minimum Gasteiger partial charge on any atom is -0.493 e. The van der Waals surface area contributed by atoms with Crippen LogP contribution in [0.4, 0.5) is 0 Å². The Kier molecular flexibility index (Phi) is 5.72. The Labute approximate surface area is 221 Å². The number of aromatic amines is 1. The van der Waals surface area contributed by atoms with Gasteiger partial charge in [-0.25, -0.2) is 4.79 Å². The number of imide groups is 1. The van der Waals surface area contributed by atoms with Crippen molar-refractivity contribution in [1.82, 2.24) is 9.88 Å². The van der Waals surface area contributed by atoms with Gasteiger partial charge in [-0.15, -0.1) is 11.8 Å². The summed E-state index contributed by atoms with van der Waals surface area (Å²) in [5.74, 6) is -2.39. The van der Waals surface area contributed by atoms with E-state index >= 15 is 0 Å². The maximum atomic E-state index is 13.7. The minimum absolute atomic E-state index is 0.0207. The van der Waals surface area contributed by atoms with Gasteiger partial charge < -0.3 is 19.6 Å². The smallest absolute Gasteiger partial charge is 0.327 e. The molecule has 196 valence electrons. The summed E-state index contributed by atoms with van der Waals surface area (Å²) in [6.07, 6.45) is 0.741. The Hall–Kier alpha value is -2.79. The van der Waals surface area contributed by atoms with Crippen LogP contribution in [0.25, 0.3) is 0 Å². The summed E-state index contributed by atoms with van der Waals surface area (Å²) in [4.78, 5) is 56.7. The molecule has 1 aromatic heterocycles. The highest BCUT2D eigenvalue weighted by atomic mass is 32.2. The number of carbonyl (C=O) groups is 3. The second-order valence-corrected chi connectivity index (χ2v) is 12.9. The number of amides is 2. The van der Waals surface area contributed by atoms with E-state index in [1.807, 2.05) is 18.2 Å². The van der Waals surface area contributed by atoms with E-state index in [4.69, 9.17) is 9.47 Å². The van der Waals surface area contributed by atoms with Crippen LogP contribution >= 0.6 is 23.1 Å². The van der Waals surface area contributed by atoms with Crippen LogP contribution < -0.4 is 14.3 Å². The highest BCUT2D eigenvalue weighted by Crippen LogP contribution is 2.68. The Morgan fingerprint density at radius 2 is 1.76 bits per heavy atom. The molecule has 6 rings (SSSR count). The van der Waals surface area contributed by atoms with Crippen molar-refractivity contribution in [3.63, 3.8) is 0 Å². The summed E-state index contributed by atoms with van der Waals surface area (Å²) in [6.45, 7) is 3.44. The van der Waals surface area contributed by atoms with Crippen molar-refractivity contribution < 1.29 is 29.0 Å². The van der Waals surface area contributed by atoms with E-state index in [0.29, 0.717) is 11.5 Å². The number of thioether (sulfide) groups is 1. The quantitative estimate of drug-likeness (QED) is 0.532. The Morgan fingerprint density at radius 3 is 2.38 bits per heavy atom. The van der Waals surface area contributed by atoms with Crippen molar-refractivity contribution in [2.24, 2.45) is 35.5 Å². The molecule has 37 heavy (non-hydrogen) atoms. The number of fused-ring (bicyclic) bond motifs is 9. The number of nitrogens with one attached hydrogen (secondary N) is 1. The summed E-state index contributed by atoms with van der Waals surface area (Å²) in [5.41, 5.74) is 0.966. The number of thiazole rings is 1. The van der Waals surface area contributed by atoms with Crippen molar-refractivity contribution in [1.29, 1.82) is 0 Å². The van der Waals surface area contributed by atoms with Gasteiger partial charge in [0.1, 0.15) is 6.04 Å². The number of aliphatic carboxylic acids is 1. The first-order chi connectivity index (χ1) is 17.7. The third kappa shape index (κ3) is 3.35. The van der Waals surface area contributed by atoms with Crippen molar-refractivity contribution in [3.05, 3.63) is 38.3 Å². The lowest BCUT2D eigenvalue weighted by molar-refractivity contribution is -0.157. The third-order valence-corrected chi connectivity index (χ3v) is 11.3. The maximum absolute atomic E-state index is 13.7. The van der Waals surface area contributed by atoms with Crippen molar-refractivity contribution in [2.75, 3.05) is 14.2 Å². The second kappa shape index (κ2) is 8.62. The lowest BCUT2D eigenvalue weighted by atomic mass is 9.68. The van der Waals surface area contributed by atoms with E-state index in [1.54, 1.807) is 39.8 Å². The number of rotatable bonds is 6. The molecule has 2 bridgehead atoms. The zero-order valence-corrected chi connectivity index (χ0v) is 22.4. The molecule has 2 N–H and O–H groups in total. The number of likely N-dealkylation sites (tertiary alicyclic amines) is 1. The molecule has 1 aromatic carbocycles. The molecule has 2 aromatic rings. The van der Waals surface area contributed by atoms with Crippen molar-refractivity contribution in [2.45, 2.75) is 42.5 Å². The number of carbonyl (C=O) groups excluding carboxylic acids is 2. The van der Waals surface area contributed by atoms with Crippen LogP contribution in [-0.2, 0) is 14.4 Å². The van der Waals surface area contributed by atoms with Gasteiger partial charge in [-0.05, 0) is 47.8 Å². The molecule has 9 nitrogen and oxygen atoms in total. The van der Waals surface area contributed by atoms with Gasteiger partial charge in [-0.2, -0.15) is 0 Å². The van der Waals surface area contributed by atoms with Crippen LogP contribution in [0.2, 0.25) is 0 Å². The Bertz CT molecular complexity index is 1370. The molecular formula is C26H28N2O7S2. The molecule has 1 saturated heterocycles. The van der Waals surface area contributed by atoms with E-state index in [9.17, 15) is 24.3 Å². The highest BCUT2D eigenvalue weighted by Gasteiger charge is 2.70. The first kappa shape index (κ1) is 24.5. The lowest BCUT2D eigenvalue weighted by Gasteiger charge is -2.43. The second-order valence-electron chi connectivity index (χ2n) is 10.6. The number of benzene rings is 1. The fourth-order valence-corrected chi connectivity index (χ4v) is 10.3. The molecule has 11 heteroatoms. The number of carboxylic acids is 1. The van der Waals surface area contributed by atoms with Crippen LogP contribution in [0.15, 0.2) is 28.0 Å². The normalized spacial score (nSPS) is 32.4. The summed E-state index contributed by atoms with van der Waals surface area (Å²) in [6, 6.07) is 4.59. The molecule has 2 amide bonds. The standard InChI is InChI=1S/C26H28N2O7S2/c1-9(2)19(25(31)32)28-23(29)17-11-8-12(18(17)24(28)30)20-16(11)15(21-22(36-20)27-26(33)37-21)10-5-6-13(34-3)14(7-10)35-4/h5-7,9,11-12,15-20H,8H2,1-4H3,(H,27,33)(H,31,32)/t11-,12+,15+,16+,17+,18+,19-,20-/m1/s1. The predicted molar refractivity (Wildman–Crippen MR) is 136 cm³/mol. The van der Waals surface area contributed by atoms with E-state index in [2.05, 4.69) is 4.98 Å². The van der Waals surface area contributed by atoms with E-state index in [-0.39, 0.29) is 45.6 Å². The molecule has 0 radical (unpaired) electrons. The average Bonchev–Trinajstić information content (AvgIpc) is 3.58. The monoisotopic (exact) mass is 544 g/mol. The molecule has 3 heterocycles. The summed E-state index contributed by atoms with van der Waals surface area (Å²) < 4.78 is 11.0. The summed E-state index contributed by atoms with van der Waals surface area (Å²) in [7, 11) is 3.15. The fourth-order valence-electron chi connectivity index (χ4n) is 7.43. The maximum Gasteiger partial charge on any atom is 0.327 e. The Morgan fingerprint density at radius 1 is 1.08 bits per heavy atom. The van der Waals surface area contributed by atoms with Gasteiger partial charge in [0.2, 0.25) is 11.8 Å². The summed E-state index contributed by atoms with van der Waals surface area (Å²) in [5, 5.41) is 10.7. The highest BCUT2D eigenvalue weighted by molar-refractivity contribution is 8.00. The Balaban J connectivity index is 1.45. The third-order valence-electron chi connectivity index (χ3n) is 8.69. The van der Waals surface area contributed by atoms with Gasteiger partial charge in [0.15, 0.2) is 11.5 Å². The minimum atomic E-state index is -1.17. The van der Waals surface area contributed by atoms with Crippen LogP contribution in [0.5, 0.6) is 11.5 Å². The van der Waals surface area contributed by atoms with Crippen LogP contribution in [-0.4, -0.2) is 58.3 Å². The number of aromatic nitrogens is 1. The van der Waals surface area contributed by atoms with E-state index in [1.165, 1.54) is 11.3 Å². The molecule has 0 unspecified atom stereocenters. The number of ether oxygens (including phenoxy) is 2. The predicted octanol–water partition coefficient (Wildman–Crippen LogP) is 3.04. The SMILES string of the molecule is COc1ccc([C@@H]2c3sc(=O)[nH]c3S[C@@H]3[C@H]4C[C@@H]([C@@H]5C(=O)N([C@@H](C(=O)O)C(C)C)C(=O)[C@@H]45)[C@@H]23)cc1OC. The molecule has 2 saturated carbocycles. The molecule has 4 aliphatic rings. The zero-order valence-electron chi connectivity index (χ0n) is 20.8. The van der Waals surface area contributed by atoms with Gasteiger partial charge in [0.05, 0.1) is 31.1 Å². The zero-order chi connectivity index (χ0) is 26.3. The molecule has 2 aliphatic heterocycles. The largest absolute Gasteiger partial charge is 0.493 e. The molecule has 0 spiro atoms. The first-order valence-corrected chi connectivity index (χ1v) is 14.1. The van der Waals surface area contributed by atoms with Crippen LogP contribution in [0.1, 0.15) is 36.6 Å². The van der Waals surface area contributed by atoms with Gasteiger partial charge in [-0.1, -0.05) is 31.3 Å². The van der Waals surface area contributed by atoms with Gasteiger partial charge in [0.25, 0.3) is 0 Å². The van der Waals surface area contributed by atoms with Gasteiger partial charge in [-0.3, -0.25) is 19.3 Å². The van der Waals surface area contributed by atoms with Crippen LogP contribution in [0, 0.1) is 35.5 Å². The number of hydrogen-bond donors (Lipinski definition) is 2. The molecular weight excluding hydrogens is 516 g/mol. The first-order valence-electron chi connectivity index (χ1n) is 12.4. The molecule has 8 atom stereocenters. The van der Waals surface area contributed by atoms with E-state index in [0.717, 1.165) is 26.8 Å². The van der Waals surface area contributed by atoms with Gasteiger partial charge in [0, 0.05) is 16.0 Å². The average molecular weight is 545 g/mol. The topological polar surface area (TPSA) is 126 Å². The lowest BCUT2D eigenvalue weighted by Crippen LogP contribution is -2.49. The van der Waals surface area contributed by atoms with Crippen molar-refractivity contribution >= 4 is 40.9 Å². The summed E-state index contributed by atoms with van der Waals surface area (Å²) >= 11 is 2.79. The number of hydrogen-bond acceptors (Lipinski definition) is 8.